The fourth-order valence-electron chi connectivity index (χ4n) is 2.30. The summed E-state index contributed by atoms with van der Waals surface area (Å²) in [4.78, 5) is 4.14. The van der Waals surface area contributed by atoms with Crippen molar-refractivity contribution in [2.75, 3.05) is 11.9 Å². The maximum absolute atomic E-state index is 5.81. The molecule has 0 saturated heterocycles. The molecule has 1 aromatic heterocycles. The van der Waals surface area contributed by atoms with E-state index in [1.807, 2.05) is 0 Å². The maximum Gasteiger partial charge on any atom is 0.202 e. The third-order valence-corrected chi connectivity index (χ3v) is 3.74. The largest absolute Gasteiger partial charge is 0.356 e. The minimum Gasteiger partial charge on any atom is -0.356 e. The third-order valence-electron chi connectivity index (χ3n) is 3.14. The van der Waals surface area contributed by atoms with E-state index in [0.717, 1.165) is 5.13 Å². The SMILES string of the molecule is NCC(Nc1ncns1)C1CCCCC1. The highest BCUT2D eigenvalue weighted by atomic mass is 32.1. The zero-order valence-corrected chi connectivity index (χ0v) is 9.67. The van der Waals surface area contributed by atoms with Crippen molar-refractivity contribution in [3.63, 3.8) is 0 Å². The Bertz CT molecular complexity index is 269. The Balaban J connectivity index is 1.91. The van der Waals surface area contributed by atoms with Crippen molar-refractivity contribution in [1.29, 1.82) is 0 Å². The normalized spacial score (nSPS) is 20.1. The van der Waals surface area contributed by atoms with Crippen LogP contribution in [0.4, 0.5) is 5.13 Å². The molecule has 0 amide bonds. The summed E-state index contributed by atoms with van der Waals surface area (Å²) < 4.78 is 3.98. The van der Waals surface area contributed by atoms with Gasteiger partial charge in [0.1, 0.15) is 6.33 Å². The van der Waals surface area contributed by atoms with Crippen LogP contribution in [-0.2, 0) is 0 Å². The van der Waals surface area contributed by atoms with Gasteiger partial charge in [-0.1, -0.05) is 19.3 Å². The van der Waals surface area contributed by atoms with E-state index < -0.39 is 0 Å². The van der Waals surface area contributed by atoms with Gasteiger partial charge in [0.25, 0.3) is 0 Å². The molecule has 0 radical (unpaired) electrons. The van der Waals surface area contributed by atoms with Crippen LogP contribution in [0.25, 0.3) is 0 Å². The molecule has 4 nitrogen and oxygen atoms in total. The van der Waals surface area contributed by atoms with Gasteiger partial charge < -0.3 is 11.1 Å². The van der Waals surface area contributed by atoms with Crippen LogP contribution in [0, 0.1) is 5.92 Å². The van der Waals surface area contributed by atoms with Crippen LogP contribution in [0.1, 0.15) is 32.1 Å². The van der Waals surface area contributed by atoms with Gasteiger partial charge >= 0.3 is 0 Å². The van der Waals surface area contributed by atoms with Gasteiger partial charge in [-0.3, -0.25) is 0 Å². The standard InChI is InChI=1S/C10H18N4S/c11-6-9(8-4-2-1-3-5-8)14-10-12-7-13-15-10/h7-9H,1-6,11H2,(H,12,13,14). The monoisotopic (exact) mass is 226 g/mol. The molecule has 1 aromatic rings. The average Bonchev–Trinajstić information content (AvgIpc) is 2.80. The number of rotatable bonds is 4. The first-order valence-corrected chi connectivity index (χ1v) is 6.41. The minimum atomic E-state index is 0.373. The smallest absolute Gasteiger partial charge is 0.202 e. The van der Waals surface area contributed by atoms with Crippen molar-refractivity contribution in [1.82, 2.24) is 9.36 Å². The molecule has 0 aliphatic heterocycles. The number of hydrogen-bond acceptors (Lipinski definition) is 5. The summed E-state index contributed by atoms with van der Waals surface area (Å²) in [7, 11) is 0. The molecule has 0 bridgehead atoms. The number of nitrogens with zero attached hydrogens (tertiary/aromatic N) is 2. The van der Waals surface area contributed by atoms with E-state index in [2.05, 4.69) is 14.7 Å². The summed E-state index contributed by atoms with van der Waals surface area (Å²) >= 11 is 1.40. The summed E-state index contributed by atoms with van der Waals surface area (Å²) in [6.07, 6.45) is 8.26. The minimum absolute atomic E-state index is 0.373. The Labute approximate surface area is 94.5 Å². The van der Waals surface area contributed by atoms with Gasteiger partial charge in [-0.2, -0.15) is 4.37 Å². The molecule has 3 N–H and O–H groups in total. The molecule has 0 aromatic carbocycles. The predicted octanol–water partition coefficient (Wildman–Crippen LogP) is 1.86. The zero-order chi connectivity index (χ0) is 10.5. The first kappa shape index (κ1) is 10.8. The van der Waals surface area contributed by atoms with E-state index in [1.54, 1.807) is 6.33 Å². The molecule has 1 aliphatic rings. The zero-order valence-electron chi connectivity index (χ0n) is 8.85. The second kappa shape index (κ2) is 5.42. The van der Waals surface area contributed by atoms with Crippen LogP contribution < -0.4 is 11.1 Å². The quantitative estimate of drug-likeness (QED) is 0.822. The van der Waals surface area contributed by atoms with Crippen LogP contribution in [0.15, 0.2) is 6.33 Å². The molecule has 15 heavy (non-hydrogen) atoms. The molecular weight excluding hydrogens is 208 g/mol. The van der Waals surface area contributed by atoms with E-state index in [0.29, 0.717) is 18.5 Å². The van der Waals surface area contributed by atoms with Gasteiger partial charge in [0.15, 0.2) is 0 Å². The first-order valence-electron chi connectivity index (χ1n) is 5.63. The summed E-state index contributed by atoms with van der Waals surface area (Å²) in [6.45, 7) is 0.685. The lowest BCUT2D eigenvalue weighted by Gasteiger charge is -2.29. The summed E-state index contributed by atoms with van der Waals surface area (Å²) in [5, 5.41) is 4.30. The van der Waals surface area contributed by atoms with Crippen molar-refractivity contribution in [3.05, 3.63) is 6.33 Å². The van der Waals surface area contributed by atoms with Gasteiger partial charge in [-0.15, -0.1) is 0 Å². The third kappa shape index (κ3) is 2.89. The highest BCUT2D eigenvalue weighted by molar-refractivity contribution is 7.09. The van der Waals surface area contributed by atoms with Gasteiger partial charge in [-0.25, -0.2) is 4.98 Å². The second-order valence-electron chi connectivity index (χ2n) is 4.13. The van der Waals surface area contributed by atoms with Crippen LogP contribution in [0.5, 0.6) is 0 Å². The molecule has 1 unspecified atom stereocenters. The second-order valence-corrected chi connectivity index (χ2v) is 4.91. The highest BCUT2D eigenvalue weighted by Crippen LogP contribution is 2.27. The Morgan fingerprint density at radius 3 is 2.87 bits per heavy atom. The number of aromatic nitrogens is 2. The molecule has 5 heteroatoms. The molecule has 1 heterocycles. The number of nitrogens with one attached hydrogen (secondary N) is 1. The fourth-order valence-corrected chi connectivity index (χ4v) is 2.79. The van der Waals surface area contributed by atoms with Crippen LogP contribution in [-0.4, -0.2) is 21.9 Å². The molecule has 1 atom stereocenters. The van der Waals surface area contributed by atoms with E-state index >= 15 is 0 Å². The molecular formula is C10H18N4S. The molecule has 1 aliphatic carbocycles. The van der Waals surface area contributed by atoms with E-state index in [-0.39, 0.29) is 0 Å². The Hall–Kier alpha value is -0.680. The van der Waals surface area contributed by atoms with Crippen LogP contribution in [0.3, 0.4) is 0 Å². The van der Waals surface area contributed by atoms with Gasteiger partial charge in [-0.05, 0) is 18.8 Å². The van der Waals surface area contributed by atoms with Crippen molar-refractivity contribution >= 4 is 16.7 Å². The lowest BCUT2D eigenvalue weighted by molar-refractivity contribution is 0.320. The summed E-state index contributed by atoms with van der Waals surface area (Å²) in [5.74, 6) is 0.715. The molecule has 2 rings (SSSR count). The van der Waals surface area contributed by atoms with E-state index in [9.17, 15) is 0 Å². The predicted molar refractivity (Wildman–Crippen MR) is 62.9 cm³/mol. The lowest BCUT2D eigenvalue weighted by atomic mass is 9.84. The Morgan fingerprint density at radius 1 is 1.47 bits per heavy atom. The molecule has 1 fully saturated rings. The lowest BCUT2D eigenvalue weighted by Crippen LogP contribution is -2.37. The summed E-state index contributed by atoms with van der Waals surface area (Å²) in [6, 6.07) is 0.373. The van der Waals surface area contributed by atoms with Gasteiger partial charge in [0.2, 0.25) is 5.13 Å². The molecule has 1 saturated carbocycles. The van der Waals surface area contributed by atoms with E-state index in [4.69, 9.17) is 5.73 Å². The Kier molecular flexibility index (Phi) is 3.91. The van der Waals surface area contributed by atoms with Crippen molar-refractivity contribution in [2.24, 2.45) is 11.7 Å². The summed E-state index contributed by atoms with van der Waals surface area (Å²) in [5.41, 5.74) is 5.81. The molecule has 0 spiro atoms. The van der Waals surface area contributed by atoms with Crippen LogP contribution in [0.2, 0.25) is 0 Å². The number of hydrogen-bond donors (Lipinski definition) is 2. The van der Waals surface area contributed by atoms with Crippen molar-refractivity contribution in [3.8, 4) is 0 Å². The first-order chi connectivity index (χ1) is 7.40. The molecule has 84 valence electrons. The van der Waals surface area contributed by atoms with Gasteiger partial charge in [0, 0.05) is 24.1 Å². The average molecular weight is 226 g/mol. The van der Waals surface area contributed by atoms with E-state index in [1.165, 1.54) is 43.6 Å². The Morgan fingerprint density at radius 2 is 2.27 bits per heavy atom. The van der Waals surface area contributed by atoms with Crippen molar-refractivity contribution < 1.29 is 0 Å². The number of anilines is 1. The fraction of sp³-hybridized carbons (Fsp3) is 0.800. The maximum atomic E-state index is 5.81. The van der Waals surface area contributed by atoms with Crippen molar-refractivity contribution in [2.45, 2.75) is 38.1 Å². The van der Waals surface area contributed by atoms with Crippen LogP contribution >= 0.6 is 11.5 Å². The topological polar surface area (TPSA) is 63.8 Å². The highest BCUT2D eigenvalue weighted by Gasteiger charge is 2.22. The van der Waals surface area contributed by atoms with Gasteiger partial charge in [0.05, 0.1) is 0 Å². The number of nitrogens with two attached hydrogens (primary N) is 1.